The lowest BCUT2D eigenvalue weighted by Crippen LogP contribution is -2.61. The van der Waals surface area contributed by atoms with E-state index in [2.05, 4.69) is 37.2 Å². The highest BCUT2D eigenvalue weighted by atomic mass is 16.5. The number of anilines is 3. The van der Waals surface area contributed by atoms with Crippen LogP contribution in [0.5, 0.6) is 0 Å². The second kappa shape index (κ2) is 30.8. The number of para-hydroxylation sites is 1. The third-order valence-corrected chi connectivity index (χ3v) is 15.2. The van der Waals surface area contributed by atoms with E-state index in [9.17, 15) is 48.3 Å². The standard InChI is InChI=1S/C65H86N10O11/c1-39(2)51(36-41(5)61(82)83)74(12)60(81)56(64(6,7)8)73-59(80)55(67-11)65(9,10)46-27-31-48(32-28-46)70-63(85)86-38-42-23-29-47(30-24-42)69-57(78)49(21-17-35-68-62(66)84)71-58(79)54(40(3)4)72-52(76)33-34-53(77)75-37-45-20-14-13-18-43(45)25-26-44-19-15-16-22-50(44)75/h13-16,18-20,22-32,36,39-40,49,51,54-56,67H,17,21,33-35,37-38H2,1-12H3,(H,69,78)(H,70,85)(H,71,79)(H,72,76)(H,73,80)(H,82,83)(H3,66,68,84)/b26-25-,41-36+/t49-,51+,54-,55?,56+/m0/s1. The van der Waals surface area contributed by atoms with Gasteiger partial charge in [0.1, 0.15) is 24.7 Å². The Morgan fingerprint density at radius 1 is 0.721 bits per heavy atom. The number of carbonyl (C=O) groups excluding carboxylic acids is 8. The number of aliphatic carboxylic acids is 1. The number of benzene rings is 4. The molecule has 21 nitrogen and oxygen atoms in total. The van der Waals surface area contributed by atoms with Gasteiger partial charge in [0.2, 0.25) is 35.4 Å². The monoisotopic (exact) mass is 1180 g/mol. The van der Waals surface area contributed by atoms with E-state index < -0.39 is 88.7 Å². The molecule has 10 N–H and O–H groups in total. The number of amides is 9. The fourth-order valence-electron chi connectivity index (χ4n) is 10.0. The van der Waals surface area contributed by atoms with Crippen molar-refractivity contribution in [1.82, 2.24) is 31.5 Å². The lowest BCUT2D eigenvalue weighted by Gasteiger charge is -2.40. The van der Waals surface area contributed by atoms with Crippen LogP contribution in [0.3, 0.4) is 0 Å². The molecule has 5 rings (SSSR count). The van der Waals surface area contributed by atoms with Crippen molar-refractivity contribution >= 4 is 82.8 Å². The molecule has 0 bridgehead atoms. The van der Waals surface area contributed by atoms with Crippen LogP contribution in [0.25, 0.3) is 12.2 Å². The summed E-state index contributed by atoms with van der Waals surface area (Å²) in [6.45, 7) is 18.4. The van der Waals surface area contributed by atoms with Gasteiger partial charge in [-0.3, -0.25) is 34.1 Å². The topological polar surface area (TPSA) is 300 Å². The summed E-state index contributed by atoms with van der Waals surface area (Å²) in [5.74, 6) is -4.38. The van der Waals surface area contributed by atoms with Gasteiger partial charge in [0.15, 0.2) is 0 Å². The summed E-state index contributed by atoms with van der Waals surface area (Å²) >= 11 is 0. The number of nitrogens with zero attached hydrogens (tertiary/aromatic N) is 2. The highest BCUT2D eigenvalue weighted by Crippen LogP contribution is 2.32. The number of rotatable bonds is 26. The van der Waals surface area contributed by atoms with Gasteiger partial charge in [-0.05, 0) is 102 Å². The third-order valence-electron chi connectivity index (χ3n) is 15.2. The molecular weight excluding hydrogens is 1100 g/mol. The number of primary amides is 1. The summed E-state index contributed by atoms with van der Waals surface area (Å²) in [5, 5.41) is 29.2. The Kier molecular flexibility index (Phi) is 24.3. The molecule has 0 aromatic heterocycles. The van der Waals surface area contributed by atoms with E-state index in [1.54, 1.807) is 87.4 Å². The number of nitrogens with one attached hydrogen (secondary N) is 7. The Bertz CT molecular complexity index is 3130. The van der Waals surface area contributed by atoms with E-state index in [1.165, 1.54) is 11.8 Å². The van der Waals surface area contributed by atoms with Crippen molar-refractivity contribution in [3.8, 4) is 0 Å². The second-order valence-corrected chi connectivity index (χ2v) is 23.9. The molecule has 1 heterocycles. The number of hydrogen-bond donors (Lipinski definition) is 9. The minimum atomic E-state index is -1.11. The highest BCUT2D eigenvalue weighted by molar-refractivity contribution is 6.00. The van der Waals surface area contributed by atoms with E-state index in [0.717, 1.165) is 22.3 Å². The Balaban J connectivity index is 1.16. The number of urea groups is 1. The molecule has 462 valence electrons. The maximum Gasteiger partial charge on any atom is 0.411 e. The van der Waals surface area contributed by atoms with Crippen molar-refractivity contribution in [2.75, 3.05) is 36.2 Å². The van der Waals surface area contributed by atoms with E-state index in [1.807, 2.05) is 109 Å². The van der Waals surface area contributed by atoms with Crippen molar-refractivity contribution in [3.63, 3.8) is 0 Å². The lowest BCUT2D eigenvalue weighted by molar-refractivity contribution is -0.141. The van der Waals surface area contributed by atoms with Crippen LogP contribution in [-0.2, 0) is 56.9 Å². The van der Waals surface area contributed by atoms with E-state index >= 15 is 0 Å². The fraction of sp³-hybridized carbons (Fsp3) is 0.431. The molecule has 1 aliphatic heterocycles. The molecule has 4 aromatic carbocycles. The molecule has 0 spiro atoms. The molecule has 0 aliphatic carbocycles. The number of nitrogens with two attached hydrogens (primary N) is 1. The highest BCUT2D eigenvalue weighted by Gasteiger charge is 2.42. The van der Waals surface area contributed by atoms with Gasteiger partial charge in [-0.2, -0.15) is 0 Å². The second-order valence-electron chi connectivity index (χ2n) is 23.9. The first-order valence-electron chi connectivity index (χ1n) is 28.9. The van der Waals surface area contributed by atoms with Crippen LogP contribution < -0.4 is 47.9 Å². The molecule has 21 heteroatoms. The quantitative estimate of drug-likeness (QED) is 0.0214. The zero-order chi connectivity index (χ0) is 63.6. The molecule has 9 amide bonds. The van der Waals surface area contributed by atoms with Gasteiger partial charge in [0.05, 0.1) is 24.3 Å². The Labute approximate surface area is 504 Å². The summed E-state index contributed by atoms with van der Waals surface area (Å²) in [4.78, 5) is 123. The number of carboxylic acids is 1. The summed E-state index contributed by atoms with van der Waals surface area (Å²) in [6.07, 6.45) is 4.81. The number of hydrogen-bond acceptors (Lipinski definition) is 11. The smallest absolute Gasteiger partial charge is 0.411 e. The zero-order valence-electron chi connectivity index (χ0n) is 51.5. The molecule has 1 aliphatic rings. The third kappa shape index (κ3) is 19.1. The predicted octanol–water partition coefficient (Wildman–Crippen LogP) is 7.86. The van der Waals surface area contributed by atoms with Gasteiger partial charge in [-0.15, -0.1) is 0 Å². The SMILES string of the molecule is CNC(C(=O)N[C@H](C(=O)N(C)[C@H](/C=C(\C)C(=O)O)C(C)C)C(C)(C)C)C(C)(C)c1ccc(NC(=O)OCc2ccc(NC(=O)[C@H](CCCNC(N)=O)NC(=O)[C@@H](NC(=O)CCC(=O)N3Cc4ccccc4/C=C\c4ccccc43)C(C)C)cc2)cc1. The summed E-state index contributed by atoms with van der Waals surface area (Å²) in [7, 11) is 3.26. The van der Waals surface area contributed by atoms with Gasteiger partial charge in [-0.1, -0.05) is 147 Å². The van der Waals surface area contributed by atoms with E-state index in [0.29, 0.717) is 29.2 Å². The summed E-state index contributed by atoms with van der Waals surface area (Å²) in [5.41, 5.74) is 9.44. The maximum atomic E-state index is 14.1. The van der Waals surface area contributed by atoms with Crippen LogP contribution in [0.2, 0.25) is 0 Å². The number of carboxylic acid groups (broad SMARTS) is 1. The lowest BCUT2D eigenvalue weighted by atomic mass is 9.76. The molecule has 0 saturated heterocycles. The normalized spacial score (nSPS) is 14.5. The van der Waals surface area contributed by atoms with Crippen LogP contribution in [0, 0.1) is 17.3 Å². The largest absolute Gasteiger partial charge is 0.478 e. The molecule has 0 fully saturated rings. The average molecular weight is 1180 g/mol. The van der Waals surface area contributed by atoms with Gasteiger partial charge in [0.25, 0.3) is 0 Å². The number of fused-ring (bicyclic) bond motifs is 2. The van der Waals surface area contributed by atoms with Crippen molar-refractivity contribution in [2.24, 2.45) is 23.0 Å². The molecule has 1 unspecified atom stereocenters. The molecule has 0 saturated carbocycles. The van der Waals surface area contributed by atoms with Gasteiger partial charge < -0.3 is 57.3 Å². The number of carbonyl (C=O) groups is 9. The Hall–Kier alpha value is -8.85. The van der Waals surface area contributed by atoms with Gasteiger partial charge in [-0.25, -0.2) is 14.4 Å². The average Bonchev–Trinajstić information content (AvgIpc) is 1.31. The van der Waals surface area contributed by atoms with E-state index in [-0.39, 0.29) is 62.1 Å². The summed E-state index contributed by atoms with van der Waals surface area (Å²) < 4.78 is 5.51. The number of likely N-dealkylation sites (N-methyl/N-ethyl adjacent to an activating group) is 2. The molecule has 4 aromatic rings. The van der Waals surface area contributed by atoms with Crippen molar-refractivity contribution in [2.45, 2.75) is 144 Å². The van der Waals surface area contributed by atoms with Crippen molar-refractivity contribution < 1.29 is 53.0 Å². The van der Waals surface area contributed by atoms with Crippen molar-refractivity contribution in [1.29, 1.82) is 0 Å². The number of ether oxygens (including phenoxy) is 1. The van der Waals surface area contributed by atoms with Crippen LogP contribution in [0.4, 0.5) is 26.7 Å². The van der Waals surface area contributed by atoms with Crippen LogP contribution >= 0.6 is 0 Å². The minimum Gasteiger partial charge on any atom is -0.478 e. The Morgan fingerprint density at radius 3 is 1.93 bits per heavy atom. The maximum absolute atomic E-state index is 14.1. The fourth-order valence-corrected chi connectivity index (χ4v) is 10.0. The van der Waals surface area contributed by atoms with Crippen molar-refractivity contribution in [3.05, 3.63) is 137 Å². The summed E-state index contributed by atoms with van der Waals surface area (Å²) in [6, 6.07) is 23.5. The first-order chi connectivity index (χ1) is 40.5. The van der Waals surface area contributed by atoms with E-state index in [4.69, 9.17) is 10.5 Å². The Morgan fingerprint density at radius 2 is 1.33 bits per heavy atom. The van der Waals surface area contributed by atoms with Gasteiger partial charge in [0, 0.05) is 48.8 Å². The molecule has 0 radical (unpaired) electrons. The first kappa shape index (κ1) is 67.9. The zero-order valence-corrected chi connectivity index (χ0v) is 51.5. The molecule has 86 heavy (non-hydrogen) atoms. The van der Waals surface area contributed by atoms with Crippen LogP contribution in [0.15, 0.2) is 109 Å². The first-order valence-corrected chi connectivity index (χ1v) is 28.9. The minimum absolute atomic E-state index is 0.0908. The predicted molar refractivity (Wildman–Crippen MR) is 333 cm³/mol. The van der Waals surface area contributed by atoms with Gasteiger partial charge >= 0.3 is 18.1 Å². The molecular formula is C65H86N10O11. The molecule has 5 atom stereocenters. The van der Waals surface area contributed by atoms with Crippen LogP contribution in [0.1, 0.15) is 123 Å². The van der Waals surface area contributed by atoms with Crippen LogP contribution in [-0.4, -0.2) is 114 Å².